The molecule has 19 heavy (non-hydrogen) atoms. The molecule has 98 valence electrons. The van der Waals surface area contributed by atoms with Crippen LogP contribution in [0.1, 0.15) is 0 Å². The maximum Gasteiger partial charge on any atom is 0.239 e. The minimum absolute atomic E-state index is 0.0443. The number of fused-ring (bicyclic) bond motifs is 1. The van der Waals surface area contributed by atoms with Gasteiger partial charge in [0.15, 0.2) is 0 Å². The van der Waals surface area contributed by atoms with E-state index in [9.17, 15) is 4.79 Å². The van der Waals surface area contributed by atoms with Gasteiger partial charge in [-0.15, -0.1) is 0 Å². The Kier molecular flexibility index (Phi) is 2.95. The number of aromatic nitrogens is 1. The molecule has 0 aliphatic carbocycles. The Labute approximate surface area is 111 Å². The smallest absolute Gasteiger partial charge is 0.239 e. The zero-order chi connectivity index (χ0) is 13.2. The number of carbonyl (C=O) groups excluding carboxylic acids is 1. The fourth-order valence-electron chi connectivity index (χ4n) is 2.23. The Morgan fingerprint density at radius 1 is 1.32 bits per heavy atom. The highest BCUT2D eigenvalue weighted by molar-refractivity contribution is 5.84. The molecule has 1 N–H and O–H groups in total. The normalized spacial score (nSPS) is 15.4. The van der Waals surface area contributed by atoms with Crippen LogP contribution >= 0.6 is 0 Å². The maximum atomic E-state index is 11.4. The predicted molar refractivity (Wildman–Crippen MR) is 73.5 cm³/mol. The van der Waals surface area contributed by atoms with E-state index in [0.29, 0.717) is 13.1 Å². The second-order valence-corrected chi connectivity index (χ2v) is 4.50. The van der Waals surface area contributed by atoms with E-state index >= 15 is 0 Å². The molecule has 0 bridgehead atoms. The van der Waals surface area contributed by atoms with Crippen molar-refractivity contribution in [1.29, 1.82) is 0 Å². The van der Waals surface area contributed by atoms with Crippen molar-refractivity contribution in [3.8, 4) is 5.75 Å². The van der Waals surface area contributed by atoms with Crippen molar-refractivity contribution in [3.05, 3.63) is 30.3 Å². The molecule has 3 rings (SSSR count). The Bertz CT molecular complexity index is 627. The molecule has 0 spiro atoms. The lowest BCUT2D eigenvalue weighted by molar-refractivity contribution is -0.120. The van der Waals surface area contributed by atoms with E-state index in [2.05, 4.69) is 10.3 Å². The SMILES string of the molecule is COc1ccc2nc(N3CCNC(=O)C3)ccc2c1. The Balaban J connectivity index is 1.95. The van der Waals surface area contributed by atoms with Crippen LogP contribution < -0.4 is 15.0 Å². The summed E-state index contributed by atoms with van der Waals surface area (Å²) in [6.45, 7) is 1.83. The van der Waals surface area contributed by atoms with E-state index in [1.165, 1.54) is 0 Å². The molecule has 0 atom stereocenters. The molecule has 5 heteroatoms. The van der Waals surface area contributed by atoms with Crippen LogP contribution in [0.5, 0.6) is 5.75 Å². The monoisotopic (exact) mass is 257 g/mol. The molecule has 0 radical (unpaired) electrons. The van der Waals surface area contributed by atoms with Crippen LogP contribution in [0.15, 0.2) is 30.3 Å². The summed E-state index contributed by atoms with van der Waals surface area (Å²) >= 11 is 0. The van der Waals surface area contributed by atoms with E-state index < -0.39 is 0 Å². The third kappa shape index (κ3) is 2.31. The van der Waals surface area contributed by atoms with Crippen molar-refractivity contribution in [1.82, 2.24) is 10.3 Å². The zero-order valence-electron chi connectivity index (χ0n) is 10.7. The van der Waals surface area contributed by atoms with Gasteiger partial charge in [0, 0.05) is 18.5 Å². The highest BCUT2D eigenvalue weighted by atomic mass is 16.5. The van der Waals surface area contributed by atoms with Crippen LogP contribution in [0.4, 0.5) is 5.82 Å². The average Bonchev–Trinajstić information content (AvgIpc) is 2.46. The molecule has 1 saturated heterocycles. The lowest BCUT2D eigenvalue weighted by atomic mass is 10.2. The van der Waals surface area contributed by atoms with Crippen LogP contribution in [-0.4, -0.2) is 37.6 Å². The molecule has 5 nitrogen and oxygen atoms in total. The Morgan fingerprint density at radius 3 is 3.00 bits per heavy atom. The first-order chi connectivity index (χ1) is 9.26. The lowest BCUT2D eigenvalue weighted by Gasteiger charge is -2.27. The molecule has 0 unspecified atom stereocenters. The first-order valence-electron chi connectivity index (χ1n) is 6.23. The van der Waals surface area contributed by atoms with Gasteiger partial charge in [0.2, 0.25) is 5.91 Å². The summed E-state index contributed by atoms with van der Waals surface area (Å²) in [4.78, 5) is 18.0. The molecular weight excluding hydrogens is 242 g/mol. The van der Waals surface area contributed by atoms with Gasteiger partial charge in [-0.3, -0.25) is 4.79 Å². The second kappa shape index (κ2) is 4.76. The van der Waals surface area contributed by atoms with Gasteiger partial charge in [-0.05, 0) is 30.3 Å². The van der Waals surface area contributed by atoms with Crippen molar-refractivity contribution in [2.24, 2.45) is 0 Å². The highest BCUT2D eigenvalue weighted by Gasteiger charge is 2.17. The van der Waals surface area contributed by atoms with E-state index in [0.717, 1.165) is 29.0 Å². The zero-order valence-corrected chi connectivity index (χ0v) is 10.7. The number of ether oxygens (including phenoxy) is 1. The molecule has 1 aliphatic heterocycles. The van der Waals surface area contributed by atoms with E-state index in [1.54, 1.807) is 7.11 Å². The number of hydrogen-bond donors (Lipinski definition) is 1. The predicted octanol–water partition coefficient (Wildman–Crippen LogP) is 1.18. The lowest BCUT2D eigenvalue weighted by Crippen LogP contribution is -2.48. The topological polar surface area (TPSA) is 54.5 Å². The number of hydrogen-bond acceptors (Lipinski definition) is 4. The third-order valence-electron chi connectivity index (χ3n) is 3.24. The fourth-order valence-corrected chi connectivity index (χ4v) is 2.23. The van der Waals surface area contributed by atoms with Crippen LogP contribution in [0, 0.1) is 0 Å². The minimum atomic E-state index is 0.0443. The Morgan fingerprint density at radius 2 is 2.21 bits per heavy atom. The van der Waals surface area contributed by atoms with Gasteiger partial charge in [-0.2, -0.15) is 0 Å². The maximum absolute atomic E-state index is 11.4. The summed E-state index contributed by atoms with van der Waals surface area (Å²) in [5.74, 6) is 1.70. The quantitative estimate of drug-likeness (QED) is 0.877. The van der Waals surface area contributed by atoms with Crippen LogP contribution in [0.3, 0.4) is 0 Å². The van der Waals surface area contributed by atoms with E-state index in [-0.39, 0.29) is 5.91 Å². The van der Waals surface area contributed by atoms with E-state index in [1.807, 2.05) is 35.2 Å². The first-order valence-corrected chi connectivity index (χ1v) is 6.23. The molecule has 0 saturated carbocycles. The summed E-state index contributed by atoms with van der Waals surface area (Å²) in [5.41, 5.74) is 0.907. The molecule has 1 aromatic carbocycles. The average molecular weight is 257 g/mol. The van der Waals surface area contributed by atoms with Crippen molar-refractivity contribution < 1.29 is 9.53 Å². The van der Waals surface area contributed by atoms with Gasteiger partial charge in [0.05, 0.1) is 19.2 Å². The first kappa shape index (κ1) is 11.8. The van der Waals surface area contributed by atoms with Crippen molar-refractivity contribution in [2.45, 2.75) is 0 Å². The number of nitrogens with zero attached hydrogens (tertiary/aromatic N) is 2. The highest BCUT2D eigenvalue weighted by Crippen LogP contribution is 2.22. The Hall–Kier alpha value is -2.30. The van der Waals surface area contributed by atoms with Gasteiger partial charge < -0.3 is 15.0 Å². The van der Waals surface area contributed by atoms with Gasteiger partial charge in [0.1, 0.15) is 11.6 Å². The van der Waals surface area contributed by atoms with Crippen LogP contribution in [0.25, 0.3) is 10.9 Å². The summed E-state index contributed by atoms with van der Waals surface area (Å²) in [5, 5.41) is 3.84. The number of pyridine rings is 1. The number of nitrogens with one attached hydrogen (secondary N) is 1. The largest absolute Gasteiger partial charge is 0.497 e. The minimum Gasteiger partial charge on any atom is -0.497 e. The van der Waals surface area contributed by atoms with Crippen LogP contribution in [-0.2, 0) is 4.79 Å². The summed E-state index contributed by atoms with van der Waals surface area (Å²) in [6, 6.07) is 9.73. The van der Waals surface area contributed by atoms with Gasteiger partial charge >= 0.3 is 0 Å². The second-order valence-electron chi connectivity index (χ2n) is 4.50. The standard InChI is InChI=1S/C14H15N3O2/c1-19-11-3-4-12-10(8-11)2-5-13(16-12)17-7-6-15-14(18)9-17/h2-5,8H,6-7,9H2,1H3,(H,15,18). The number of rotatable bonds is 2. The summed E-state index contributed by atoms with van der Waals surface area (Å²) in [7, 11) is 1.65. The van der Waals surface area contributed by atoms with Gasteiger partial charge in [-0.25, -0.2) is 4.98 Å². The molecule has 1 fully saturated rings. The number of amides is 1. The summed E-state index contributed by atoms with van der Waals surface area (Å²) < 4.78 is 5.19. The van der Waals surface area contributed by atoms with Crippen molar-refractivity contribution >= 4 is 22.6 Å². The number of anilines is 1. The summed E-state index contributed by atoms with van der Waals surface area (Å²) in [6.07, 6.45) is 0. The van der Waals surface area contributed by atoms with Gasteiger partial charge in [0.25, 0.3) is 0 Å². The molecular formula is C14H15N3O2. The molecule has 1 amide bonds. The molecule has 2 aromatic rings. The number of carbonyl (C=O) groups is 1. The van der Waals surface area contributed by atoms with E-state index in [4.69, 9.17) is 4.74 Å². The fraction of sp³-hybridized carbons (Fsp3) is 0.286. The number of methoxy groups -OCH3 is 1. The molecule has 1 aliphatic rings. The van der Waals surface area contributed by atoms with Gasteiger partial charge in [-0.1, -0.05) is 0 Å². The number of piperazine rings is 1. The molecule has 1 aromatic heterocycles. The number of benzene rings is 1. The van der Waals surface area contributed by atoms with Crippen LogP contribution in [0.2, 0.25) is 0 Å². The van der Waals surface area contributed by atoms with Crippen molar-refractivity contribution in [3.63, 3.8) is 0 Å². The van der Waals surface area contributed by atoms with Crippen molar-refractivity contribution in [2.75, 3.05) is 31.6 Å². The third-order valence-corrected chi connectivity index (χ3v) is 3.24. The molecule has 2 heterocycles.